The number of ether oxygens (including phenoxy) is 5. The zero-order chi connectivity index (χ0) is 37.8. The van der Waals surface area contributed by atoms with Gasteiger partial charge >= 0.3 is 23.9 Å². The highest BCUT2D eigenvalue weighted by molar-refractivity contribution is 5.78. The Balaban J connectivity index is 3.69. The summed E-state index contributed by atoms with van der Waals surface area (Å²) in [7, 11) is 0. The first-order valence-electron chi connectivity index (χ1n) is 18.3. The largest absolute Gasteiger partial charge is 0.462 e. The lowest BCUT2D eigenvalue weighted by Gasteiger charge is -2.47. The standard InChI is InChI=1S/C39H69NO9/c1-15-17-18-19-20-21-22-24-26(23-16-2)40-31-30(49-35(44)39(12,13)14)29(48-34(43)38(9,10)11)28(47-33(42)37(6,7)8)27(46-31)25-45-32(41)36(3,4)5/h16,26-31,40H,2,15,17-25H2,1,3-14H3/t26-,27-,28+,29+,30-,31-/m1/s1. The van der Waals surface area contributed by atoms with Crippen molar-refractivity contribution in [2.75, 3.05) is 6.61 Å². The van der Waals surface area contributed by atoms with Gasteiger partial charge in [-0.3, -0.25) is 24.5 Å². The van der Waals surface area contributed by atoms with E-state index in [0.717, 1.165) is 25.7 Å². The summed E-state index contributed by atoms with van der Waals surface area (Å²) in [6.45, 7) is 26.5. The van der Waals surface area contributed by atoms with Crippen molar-refractivity contribution in [1.29, 1.82) is 0 Å². The molecule has 0 radical (unpaired) electrons. The molecule has 10 nitrogen and oxygen atoms in total. The Bertz CT molecular complexity index is 1070. The third kappa shape index (κ3) is 15.5. The molecule has 6 atom stereocenters. The topological polar surface area (TPSA) is 126 Å². The van der Waals surface area contributed by atoms with Crippen LogP contribution < -0.4 is 5.32 Å². The van der Waals surface area contributed by atoms with E-state index in [1.807, 2.05) is 6.08 Å². The van der Waals surface area contributed by atoms with Crippen molar-refractivity contribution in [3.05, 3.63) is 12.7 Å². The van der Waals surface area contributed by atoms with Crippen LogP contribution in [-0.2, 0) is 42.9 Å². The second kappa shape index (κ2) is 19.2. The highest BCUT2D eigenvalue weighted by Crippen LogP contribution is 2.34. The maximum absolute atomic E-state index is 13.5. The fourth-order valence-corrected chi connectivity index (χ4v) is 4.91. The number of hydrogen-bond donors (Lipinski definition) is 1. The molecule has 0 bridgehead atoms. The quantitative estimate of drug-likeness (QED) is 0.0696. The van der Waals surface area contributed by atoms with Gasteiger partial charge in [0.05, 0.1) is 21.7 Å². The Morgan fingerprint density at radius 3 is 1.53 bits per heavy atom. The van der Waals surface area contributed by atoms with Crippen LogP contribution in [0.25, 0.3) is 0 Å². The van der Waals surface area contributed by atoms with E-state index in [1.54, 1.807) is 83.1 Å². The van der Waals surface area contributed by atoms with Crippen LogP contribution >= 0.6 is 0 Å². The number of nitrogens with one attached hydrogen (secondary N) is 1. The molecule has 0 saturated carbocycles. The number of carbonyl (C=O) groups excluding carboxylic acids is 4. The number of esters is 4. The highest BCUT2D eigenvalue weighted by Gasteiger charge is 2.54. The van der Waals surface area contributed by atoms with Gasteiger partial charge in [-0.15, -0.1) is 6.58 Å². The molecule has 1 aliphatic rings. The number of unbranched alkanes of at least 4 members (excludes halogenated alkanes) is 6. The second-order valence-electron chi connectivity index (χ2n) is 17.6. The van der Waals surface area contributed by atoms with Gasteiger partial charge < -0.3 is 23.7 Å². The lowest BCUT2D eigenvalue weighted by atomic mass is 9.92. The molecule has 0 aromatic heterocycles. The third-order valence-electron chi connectivity index (χ3n) is 8.20. The average molecular weight is 696 g/mol. The Morgan fingerprint density at radius 2 is 1.08 bits per heavy atom. The lowest BCUT2D eigenvalue weighted by Crippen LogP contribution is -2.67. The van der Waals surface area contributed by atoms with Gasteiger partial charge in [0.15, 0.2) is 18.3 Å². The molecule has 1 saturated heterocycles. The smallest absolute Gasteiger partial charge is 0.311 e. The lowest BCUT2D eigenvalue weighted by molar-refractivity contribution is -0.266. The SMILES string of the molecule is C=CC[C@H](CCCCCCCCC)N[C@@H]1O[C@H](COC(=O)C(C)(C)C)[C@H](OC(=O)C(C)(C)C)[C@H](OC(=O)C(C)(C)C)[C@H]1OC(=O)C(C)(C)C. The molecule has 0 aromatic carbocycles. The van der Waals surface area contributed by atoms with Crippen LogP contribution in [-0.4, -0.2) is 67.2 Å². The summed E-state index contributed by atoms with van der Waals surface area (Å²) < 4.78 is 30.7. The summed E-state index contributed by atoms with van der Waals surface area (Å²) in [5.74, 6) is -2.19. The van der Waals surface area contributed by atoms with Crippen LogP contribution in [0.1, 0.15) is 148 Å². The van der Waals surface area contributed by atoms with Crippen molar-refractivity contribution >= 4 is 23.9 Å². The van der Waals surface area contributed by atoms with Gasteiger partial charge in [0.25, 0.3) is 0 Å². The number of carbonyl (C=O) groups is 4. The molecule has 1 aliphatic heterocycles. The van der Waals surface area contributed by atoms with E-state index in [0.29, 0.717) is 6.42 Å². The molecule has 1 N–H and O–H groups in total. The van der Waals surface area contributed by atoms with Gasteiger partial charge in [-0.05, 0) is 95.9 Å². The molecule has 1 fully saturated rings. The van der Waals surface area contributed by atoms with E-state index in [-0.39, 0.29) is 12.6 Å². The Labute approximate surface area is 297 Å². The molecule has 0 amide bonds. The van der Waals surface area contributed by atoms with E-state index in [9.17, 15) is 19.2 Å². The molecule has 10 heteroatoms. The summed E-state index contributed by atoms with van der Waals surface area (Å²) in [5, 5.41) is 3.53. The second-order valence-corrected chi connectivity index (χ2v) is 17.6. The minimum absolute atomic E-state index is 0.112. The average Bonchev–Trinajstić information content (AvgIpc) is 2.96. The van der Waals surface area contributed by atoms with Crippen LogP contribution in [0.3, 0.4) is 0 Å². The van der Waals surface area contributed by atoms with Crippen molar-refractivity contribution in [2.45, 2.75) is 184 Å². The maximum Gasteiger partial charge on any atom is 0.311 e. The van der Waals surface area contributed by atoms with Crippen LogP contribution in [0.15, 0.2) is 12.7 Å². The van der Waals surface area contributed by atoms with Crippen molar-refractivity contribution in [1.82, 2.24) is 5.32 Å². The maximum atomic E-state index is 13.5. The van der Waals surface area contributed by atoms with E-state index in [1.165, 1.54) is 25.7 Å². The molecule has 0 unspecified atom stereocenters. The van der Waals surface area contributed by atoms with Crippen LogP contribution in [0.4, 0.5) is 0 Å². The van der Waals surface area contributed by atoms with Crippen molar-refractivity contribution in [3.63, 3.8) is 0 Å². The summed E-state index contributed by atoms with van der Waals surface area (Å²) in [6.07, 6.45) is 5.52. The summed E-state index contributed by atoms with van der Waals surface area (Å²) in [6, 6.07) is -0.112. The minimum atomic E-state index is -1.28. The van der Waals surface area contributed by atoms with Gasteiger partial charge in [-0.2, -0.15) is 0 Å². The number of rotatable bonds is 17. The summed E-state index contributed by atoms with van der Waals surface area (Å²) in [5.41, 5.74) is -3.57. The predicted octanol–water partition coefficient (Wildman–Crippen LogP) is 7.85. The summed E-state index contributed by atoms with van der Waals surface area (Å²) in [4.78, 5) is 53.3. The first-order chi connectivity index (χ1) is 22.4. The van der Waals surface area contributed by atoms with Crippen molar-refractivity contribution < 1.29 is 42.9 Å². The zero-order valence-electron chi connectivity index (χ0n) is 33.0. The first-order valence-corrected chi connectivity index (χ1v) is 18.3. The molecule has 0 aromatic rings. The monoisotopic (exact) mass is 695 g/mol. The minimum Gasteiger partial charge on any atom is -0.462 e. The fraction of sp³-hybridized carbons (Fsp3) is 0.846. The molecule has 284 valence electrons. The third-order valence-corrected chi connectivity index (χ3v) is 8.20. The summed E-state index contributed by atoms with van der Waals surface area (Å²) >= 11 is 0. The Hall–Kier alpha value is -2.46. The highest BCUT2D eigenvalue weighted by atomic mass is 16.7. The van der Waals surface area contributed by atoms with Gasteiger partial charge in [-0.1, -0.05) is 57.9 Å². The zero-order valence-corrected chi connectivity index (χ0v) is 33.0. The van der Waals surface area contributed by atoms with Crippen LogP contribution in [0.5, 0.6) is 0 Å². The van der Waals surface area contributed by atoms with Gasteiger partial charge in [0.2, 0.25) is 0 Å². The molecule has 0 spiro atoms. The first kappa shape index (κ1) is 44.6. The van der Waals surface area contributed by atoms with Crippen LogP contribution in [0.2, 0.25) is 0 Å². The van der Waals surface area contributed by atoms with E-state index >= 15 is 0 Å². The van der Waals surface area contributed by atoms with Crippen molar-refractivity contribution in [3.8, 4) is 0 Å². The van der Waals surface area contributed by atoms with Gasteiger partial charge in [0.1, 0.15) is 18.9 Å². The van der Waals surface area contributed by atoms with E-state index in [2.05, 4.69) is 18.8 Å². The van der Waals surface area contributed by atoms with Gasteiger partial charge in [-0.25, -0.2) is 0 Å². The molecule has 0 aliphatic carbocycles. The fourth-order valence-electron chi connectivity index (χ4n) is 4.91. The van der Waals surface area contributed by atoms with Crippen molar-refractivity contribution in [2.24, 2.45) is 21.7 Å². The molecular weight excluding hydrogens is 626 g/mol. The molecular formula is C39H69NO9. The normalized spacial score (nSPS) is 22.5. The molecule has 1 rings (SSSR count). The van der Waals surface area contributed by atoms with E-state index < -0.39 is 76.2 Å². The predicted molar refractivity (Wildman–Crippen MR) is 191 cm³/mol. The molecule has 49 heavy (non-hydrogen) atoms. The van der Waals surface area contributed by atoms with E-state index in [4.69, 9.17) is 23.7 Å². The Kier molecular flexibility index (Phi) is 17.5. The number of hydrogen-bond acceptors (Lipinski definition) is 10. The van der Waals surface area contributed by atoms with Crippen LogP contribution in [0, 0.1) is 21.7 Å². The molecule has 1 heterocycles. The van der Waals surface area contributed by atoms with Gasteiger partial charge in [0, 0.05) is 6.04 Å². The Morgan fingerprint density at radius 1 is 0.653 bits per heavy atom.